The van der Waals surface area contributed by atoms with Crippen LogP contribution in [0.4, 0.5) is 0 Å². The van der Waals surface area contributed by atoms with Gasteiger partial charge >= 0.3 is 0 Å². The molecule has 1 saturated heterocycles. The highest BCUT2D eigenvalue weighted by molar-refractivity contribution is 5.97. The van der Waals surface area contributed by atoms with Crippen LogP contribution in [0.5, 0.6) is 0 Å². The molecule has 5 heteroatoms. The van der Waals surface area contributed by atoms with Gasteiger partial charge < -0.3 is 14.9 Å². The zero-order valence-electron chi connectivity index (χ0n) is 15.6. The van der Waals surface area contributed by atoms with Crippen LogP contribution in [-0.4, -0.2) is 38.8 Å². The van der Waals surface area contributed by atoms with Gasteiger partial charge in [0.15, 0.2) is 0 Å². The molecule has 2 aromatic heterocycles. The van der Waals surface area contributed by atoms with Crippen LogP contribution in [0.15, 0.2) is 67.1 Å². The van der Waals surface area contributed by atoms with Crippen molar-refractivity contribution in [2.24, 2.45) is 0 Å². The SMILES string of the molecule is O=C(c1ccc(-c2cccc3[nH]ccc23)cc1)N1CCC(c2ncc[nH]2)CC1. The van der Waals surface area contributed by atoms with Gasteiger partial charge in [0.1, 0.15) is 5.82 Å². The zero-order valence-corrected chi connectivity index (χ0v) is 15.6. The molecule has 1 aliphatic rings. The maximum absolute atomic E-state index is 12.9. The van der Waals surface area contributed by atoms with Gasteiger partial charge in [-0.3, -0.25) is 4.79 Å². The predicted octanol–water partition coefficient (Wildman–Crippen LogP) is 4.58. The molecular weight excluding hydrogens is 348 g/mol. The maximum atomic E-state index is 12.9. The maximum Gasteiger partial charge on any atom is 0.253 e. The van der Waals surface area contributed by atoms with E-state index in [0.717, 1.165) is 48.4 Å². The van der Waals surface area contributed by atoms with Gasteiger partial charge in [0, 0.05) is 54.1 Å². The second-order valence-corrected chi connectivity index (χ2v) is 7.36. The highest BCUT2D eigenvalue weighted by Crippen LogP contribution is 2.29. The minimum Gasteiger partial charge on any atom is -0.361 e. The van der Waals surface area contributed by atoms with E-state index in [2.05, 4.69) is 39.2 Å². The number of hydrogen-bond acceptors (Lipinski definition) is 2. The van der Waals surface area contributed by atoms with Crippen molar-refractivity contribution in [3.8, 4) is 11.1 Å². The van der Waals surface area contributed by atoms with Crippen molar-refractivity contribution in [1.29, 1.82) is 0 Å². The summed E-state index contributed by atoms with van der Waals surface area (Å²) < 4.78 is 0. The Hall–Kier alpha value is -3.34. The summed E-state index contributed by atoms with van der Waals surface area (Å²) in [5, 5.41) is 1.20. The Bertz CT molecular complexity index is 1090. The number of carbonyl (C=O) groups excluding carboxylic acids is 1. The molecule has 0 unspecified atom stereocenters. The van der Waals surface area contributed by atoms with E-state index in [-0.39, 0.29) is 5.91 Å². The van der Waals surface area contributed by atoms with Crippen LogP contribution in [-0.2, 0) is 0 Å². The Balaban J connectivity index is 1.31. The van der Waals surface area contributed by atoms with Crippen molar-refractivity contribution in [2.75, 3.05) is 13.1 Å². The van der Waals surface area contributed by atoms with Crippen molar-refractivity contribution < 1.29 is 4.79 Å². The lowest BCUT2D eigenvalue weighted by Crippen LogP contribution is -2.38. The third kappa shape index (κ3) is 2.99. The number of likely N-dealkylation sites (tertiary alicyclic amines) is 1. The standard InChI is InChI=1S/C23H22N4O/c28-23(27-14-9-17(10-15-27)22-25-12-13-26-22)18-6-4-16(5-7-18)19-2-1-3-21-20(19)8-11-24-21/h1-8,11-13,17,24H,9-10,14-15H2,(H,25,26). The lowest BCUT2D eigenvalue weighted by Gasteiger charge is -2.31. The first-order valence-electron chi connectivity index (χ1n) is 9.75. The Morgan fingerprint density at radius 2 is 1.79 bits per heavy atom. The van der Waals surface area contributed by atoms with E-state index in [4.69, 9.17) is 0 Å². The van der Waals surface area contributed by atoms with Crippen LogP contribution >= 0.6 is 0 Å². The van der Waals surface area contributed by atoms with E-state index in [1.807, 2.05) is 41.6 Å². The van der Waals surface area contributed by atoms with Gasteiger partial charge in [-0.25, -0.2) is 4.98 Å². The van der Waals surface area contributed by atoms with Crippen molar-refractivity contribution in [2.45, 2.75) is 18.8 Å². The molecule has 0 bridgehead atoms. The molecule has 0 saturated carbocycles. The van der Waals surface area contributed by atoms with Crippen molar-refractivity contribution in [1.82, 2.24) is 19.9 Å². The van der Waals surface area contributed by atoms with Crippen LogP contribution in [0.1, 0.15) is 34.9 Å². The number of H-pyrrole nitrogens is 2. The second-order valence-electron chi connectivity index (χ2n) is 7.36. The lowest BCUT2D eigenvalue weighted by molar-refractivity contribution is 0.0711. The Morgan fingerprint density at radius 1 is 0.964 bits per heavy atom. The number of rotatable bonds is 3. The summed E-state index contributed by atoms with van der Waals surface area (Å²) in [6.07, 6.45) is 7.52. The Kier molecular flexibility index (Phi) is 4.20. The monoisotopic (exact) mass is 370 g/mol. The molecule has 140 valence electrons. The summed E-state index contributed by atoms with van der Waals surface area (Å²) in [6.45, 7) is 1.54. The second kappa shape index (κ2) is 7.00. The first-order chi connectivity index (χ1) is 13.8. The Morgan fingerprint density at radius 3 is 2.54 bits per heavy atom. The smallest absolute Gasteiger partial charge is 0.253 e. The molecule has 0 spiro atoms. The minimum atomic E-state index is 0.115. The molecular formula is C23H22N4O. The first kappa shape index (κ1) is 16.8. The molecule has 0 aliphatic carbocycles. The lowest BCUT2D eigenvalue weighted by atomic mass is 9.95. The van der Waals surface area contributed by atoms with Gasteiger partial charge in [-0.2, -0.15) is 0 Å². The van der Waals surface area contributed by atoms with E-state index in [9.17, 15) is 4.79 Å². The summed E-state index contributed by atoms with van der Waals surface area (Å²) >= 11 is 0. The van der Waals surface area contributed by atoms with Gasteiger partial charge in [0.25, 0.3) is 5.91 Å². The van der Waals surface area contributed by atoms with Crippen LogP contribution < -0.4 is 0 Å². The summed E-state index contributed by atoms with van der Waals surface area (Å²) in [4.78, 5) is 25.7. The van der Waals surface area contributed by atoms with E-state index in [1.54, 1.807) is 6.20 Å². The van der Waals surface area contributed by atoms with Crippen molar-refractivity contribution in [3.05, 3.63) is 78.5 Å². The molecule has 2 aromatic carbocycles. The fourth-order valence-corrected chi connectivity index (χ4v) is 4.17. The topological polar surface area (TPSA) is 64.8 Å². The molecule has 1 fully saturated rings. The van der Waals surface area contributed by atoms with Gasteiger partial charge in [-0.1, -0.05) is 24.3 Å². The van der Waals surface area contributed by atoms with E-state index in [0.29, 0.717) is 5.92 Å². The number of aromatic nitrogens is 3. The molecule has 5 rings (SSSR count). The summed E-state index contributed by atoms with van der Waals surface area (Å²) in [7, 11) is 0. The largest absolute Gasteiger partial charge is 0.361 e. The first-order valence-corrected chi connectivity index (χ1v) is 9.75. The molecule has 28 heavy (non-hydrogen) atoms. The number of fused-ring (bicyclic) bond motifs is 1. The van der Waals surface area contributed by atoms with E-state index >= 15 is 0 Å². The minimum absolute atomic E-state index is 0.115. The Labute approximate surface area is 163 Å². The van der Waals surface area contributed by atoms with E-state index < -0.39 is 0 Å². The summed E-state index contributed by atoms with van der Waals surface area (Å²) in [5.41, 5.74) is 4.17. The van der Waals surface area contributed by atoms with E-state index in [1.165, 1.54) is 10.9 Å². The van der Waals surface area contributed by atoms with Gasteiger partial charge in [0.05, 0.1) is 0 Å². The third-order valence-electron chi connectivity index (χ3n) is 5.73. The molecule has 1 aliphatic heterocycles. The fraction of sp³-hybridized carbons (Fsp3) is 0.217. The predicted molar refractivity (Wildman–Crippen MR) is 110 cm³/mol. The average molecular weight is 370 g/mol. The van der Waals surface area contributed by atoms with Gasteiger partial charge in [-0.05, 0) is 48.2 Å². The van der Waals surface area contributed by atoms with Crippen molar-refractivity contribution in [3.63, 3.8) is 0 Å². The number of piperidine rings is 1. The number of nitrogens with zero attached hydrogens (tertiary/aromatic N) is 2. The number of imidazole rings is 1. The third-order valence-corrected chi connectivity index (χ3v) is 5.73. The molecule has 1 amide bonds. The number of hydrogen-bond donors (Lipinski definition) is 2. The fourth-order valence-electron chi connectivity index (χ4n) is 4.17. The number of nitrogens with one attached hydrogen (secondary N) is 2. The number of aromatic amines is 2. The quantitative estimate of drug-likeness (QED) is 0.554. The van der Waals surface area contributed by atoms with Gasteiger partial charge in [0.2, 0.25) is 0 Å². The zero-order chi connectivity index (χ0) is 18.9. The highest BCUT2D eigenvalue weighted by atomic mass is 16.2. The molecule has 3 heterocycles. The van der Waals surface area contributed by atoms with Gasteiger partial charge in [-0.15, -0.1) is 0 Å². The number of amides is 1. The molecule has 0 atom stereocenters. The summed E-state index contributed by atoms with van der Waals surface area (Å²) in [6, 6.07) is 16.3. The molecule has 2 N–H and O–H groups in total. The highest BCUT2D eigenvalue weighted by Gasteiger charge is 2.25. The molecule has 5 nitrogen and oxygen atoms in total. The van der Waals surface area contributed by atoms with Crippen LogP contribution in [0.25, 0.3) is 22.0 Å². The van der Waals surface area contributed by atoms with Crippen LogP contribution in [0.2, 0.25) is 0 Å². The van der Waals surface area contributed by atoms with Crippen molar-refractivity contribution >= 4 is 16.8 Å². The number of benzene rings is 2. The van der Waals surface area contributed by atoms with Crippen LogP contribution in [0.3, 0.4) is 0 Å². The molecule has 4 aromatic rings. The van der Waals surface area contributed by atoms with Crippen LogP contribution in [0, 0.1) is 0 Å². The number of carbonyl (C=O) groups is 1. The summed E-state index contributed by atoms with van der Waals surface area (Å²) in [5.74, 6) is 1.57. The average Bonchev–Trinajstić information content (AvgIpc) is 3.45. The molecule has 0 radical (unpaired) electrons. The normalized spacial score (nSPS) is 15.2.